The number of hydrogen-bond donors (Lipinski definition) is 1. The highest BCUT2D eigenvalue weighted by molar-refractivity contribution is 5.18. The zero-order valence-corrected chi connectivity index (χ0v) is 13.7. The highest BCUT2D eigenvalue weighted by Gasteiger charge is 2.11. The van der Waals surface area contributed by atoms with Crippen LogP contribution in [-0.4, -0.2) is 9.66 Å². The Morgan fingerprint density at radius 1 is 0.952 bits per heavy atom. The van der Waals surface area contributed by atoms with Crippen LogP contribution in [0.5, 0.6) is 0 Å². The fourth-order valence-corrected chi connectivity index (χ4v) is 2.70. The van der Waals surface area contributed by atoms with Crippen LogP contribution in [0, 0.1) is 0 Å². The molecule has 0 saturated heterocycles. The average Bonchev–Trinajstić information content (AvgIpc) is 2.48. The molecule has 1 aromatic heterocycles. The van der Waals surface area contributed by atoms with Crippen LogP contribution in [0.25, 0.3) is 0 Å². The molecule has 0 radical (unpaired) electrons. The second-order valence-electron chi connectivity index (χ2n) is 5.86. The quantitative estimate of drug-likeness (QED) is 0.501. The Kier molecular flexibility index (Phi) is 8.79. The second kappa shape index (κ2) is 10.4. The van der Waals surface area contributed by atoms with Crippen molar-refractivity contribution in [2.45, 2.75) is 84.5 Å². The Bertz CT molecular complexity index is 454. The molecule has 0 aliphatic rings. The van der Waals surface area contributed by atoms with Crippen LogP contribution >= 0.6 is 0 Å². The van der Waals surface area contributed by atoms with Gasteiger partial charge in [-0.3, -0.25) is 9.47 Å². The maximum atomic E-state index is 12.0. The molecule has 1 heterocycles. The van der Waals surface area contributed by atoms with Crippen molar-refractivity contribution in [1.82, 2.24) is 9.66 Å². The smallest absolute Gasteiger partial charge is 0.276 e. The number of hydrogen-bond acceptors (Lipinski definition) is 3. The minimum Gasteiger partial charge on any atom is -0.338 e. The van der Waals surface area contributed by atoms with Crippen LogP contribution in [0.15, 0.2) is 11.1 Å². The van der Waals surface area contributed by atoms with Gasteiger partial charge in [0, 0.05) is 11.3 Å². The summed E-state index contributed by atoms with van der Waals surface area (Å²) in [4.78, 5) is 15.9. The van der Waals surface area contributed by atoms with Crippen LogP contribution in [0.2, 0.25) is 0 Å². The third-order valence-electron chi connectivity index (χ3n) is 4.02. The van der Waals surface area contributed by atoms with Gasteiger partial charge in [0.05, 0.1) is 0 Å². The summed E-state index contributed by atoms with van der Waals surface area (Å²) in [5, 5.41) is 0. The van der Waals surface area contributed by atoms with Crippen molar-refractivity contribution < 1.29 is 0 Å². The van der Waals surface area contributed by atoms with Gasteiger partial charge in [-0.2, -0.15) is 4.98 Å². The van der Waals surface area contributed by atoms with Crippen molar-refractivity contribution in [2.24, 2.45) is 0 Å². The first kappa shape index (κ1) is 17.7. The van der Waals surface area contributed by atoms with Gasteiger partial charge >= 0.3 is 0 Å². The molecule has 0 aromatic carbocycles. The molecular weight excluding hydrogens is 262 g/mol. The van der Waals surface area contributed by atoms with Crippen molar-refractivity contribution >= 4 is 0 Å². The highest BCUT2D eigenvalue weighted by atomic mass is 16.1. The van der Waals surface area contributed by atoms with E-state index >= 15 is 0 Å². The molecule has 2 N–H and O–H groups in total. The maximum Gasteiger partial charge on any atom is 0.276 e. The van der Waals surface area contributed by atoms with Crippen LogP contribution < -0.4 is 11.4 Å². The predicted octanol–water partition coefficient (Wildman–Crippen LogP) is 3.59. The molecule has 120 valence electrons. The molecule has 21 heavy (non-hydrogen) atoms. The lowest BCUT2D eigenvalue weighted by Crippen LogP contribution is -2.26. The third kappa shape index (κ3) is 6.32. The molecule has 0 aliphatic heterocycles. The summed E-state index contributed by atoms with van der Waals surface area (Å²) in [6, 6.07) is 0. The second-order valence-corrected chi connectivity index (χ2v) is 5.86. The summed E-state index contributed by atoms with van der Waals surface area (Å²) in [5.41, 5.74) is 1.74. The molecule has 0 amide bonds. The zero-order valence-electron chi connectivity index (χ0n) is 13.7. The Balaban J connectivity index is 2.62. The van der Waals surface area contributed by atoms with E-state index in [1.807, 2.05) is 0 Å². The van der Waals surface area contributed by atoms with Gasteiger partial charge in [-0.15, -0.1) is 0 Å². The molecule has 1 rings (SSSR count). The lowest BCUT2D eigenvalue weighted by molar-refractivity contribution is 0.609. The summed E-state index contributed by atoms with van der Waals surface area (Å²) in [6.45, 7) is 4.41. The van der Waals surface area contributed by atoms with Gasteiger partial charge in [-0.05, 0) is 25.7 Å². The molecule has 0 bridgehead atoms. The molecule has 0 fully saturated rings. The molecular formula is C17H31N3O. The van der Waals surface area contributed by atoms with Crippen LogP contribution in [0.3, 0.4) is 0 Å². The SMILES string of the molecule is CCCCCCCc1c(CCCCCC)c(=O)ncn1N. The monoisotopic (exact) mass is 293 g/mol. The minimum atomic E-state index is -0.0863. The fraction of sp³-hybridized carbons (Fsp3) is 0.765. The molecule has 0 saturated carbocycles. The molecule has 0 atom stereocenters. The average molecular weight is 293 g/mol. The Morgan fingerprint density at radius 2 is 1.52 bits per heavy atom. The fourth-order valence-electron chi connectivity index (χ4n) is 2.70. The van der Waals surface area contributed by atoms with Gasteiger partial charge in [0.1, 0.15) is 6.33 Å². The predicted molar refractivity (Wildman–Crippen MR) is 89.0 cm³/mol. The standard InChI is InChI=1S/C17H31N3O/c1-3-5-7-9-11-13-16-15(12-10-8-6-4-2)17(21)19-14-20(16)18/h14H,3-13,18H2,1-2H3. The van der Waals surface area contributed by atoms with Crippen molar-refractivity contribution in [3.8, 4) is 0 Å². The van der Waals surface area contributed by atoms with Gasteiger partial charge in [0.25, 0.3) is 5.56 Å². The summed E-state index contributed by atoms with van der Waals surface area (Å²) in [5.74, 6) is 5.98. The first-order valence-electron chi connectivity index (χ1n) is 8.55. The van der Waals surface area contributed by atoms with Gasteiger partial charge in [0.2, 0.25) is 0 Å². The molecule has 0 aliphatic carbocycles. The van der Waals surface area contributed by atoms with Gasteiger partial charge in [-0.25, -0.2) is 0 Å². The molecule has 0 spiro atoms. The topological polar surface area (TPSA) is 60.9 Å². The lowest BCUT2D eigenvalue weighted by Gasteiger charge is -2.12. The Labute approximate surface area is 128 Å². The number of nitrogens with zero attached hydrogens (tertiary/aromatic N) is 2. The Morgan fingerprint density at radius 3 is 2.19 bits per heavy atom. The van der Waals surface area contributed by atoms with Crippen molar-refractivity contribution in [3.63, 3.8) is 0 Å². The largest absolute Gasteiger partial charge is 0.338 e. The zero-order chi connectivity index (χ0) is 15.5. The number of nitrogens with two attached hydrogens (primary N) is 1. The molecule has 4 nitrogen and oxygen atoms in total. The van der Waals surface area contributed by atoms with E-state index in [0.29, 0.717) is 0 Å². The van der Waals surface area contributed by atoms with E-state index in [0.717, 1.165) is 36.9 Å². The summed E-state index contributed by atoms with van der Waals surface area (Å²) < 4.78 is 1.55. The van der Waals surface area contributed by atoms with Gasteiger partial charge in [0.15, 0.2) is 0 Å². The Hall–Kier alpha value is -1.32. The minimum absolute atomic E-state index is 0.0863. The van der Waals surface area contributed by atoms with Crippen LogP contribution in [0.1, 0.15) is 82.9 Å². The van der Waals surface area contributed by atoms with Crippen molar-refractivity contribution in [3.05, 3.63) is 27.9 Å². The van der Waals surface area contributed by atoms with Crippen molar-refractivity contribution in [2.75, 3.05) is 5.84 Å². The third-order valence-corrected chi connectivity index (χ3v) is 4.02. The van der Waals surface area contributed by atoms with E-state index in [4.69, 9.17) is 5.84 Å². The summed E-state index contributed by atoms with van der Waals surface area (Å²) >= 11 is 0. The molecule has 1 aromatic rings. The van der Waals surface area contributed by atoms with Gasteiger partial charge < -0.3 is 5.84 Å². The van der Waals surface area contributed by atoms with E-state index in [9.17, 15) is 4.79 Å². The van der Waals surface area contributed by atoms with E-state index in [1.54, 1.807) is 4.68 Å². The van der Waals surface area contributed by atoms with E-state index in [-0.39, 0.29) is 5.56 Å². The van der Waals surface area contributed by atoms with Crippen LogP contribution in [0.4, 0.5) is 0 Å². The summed E-state index contributed by atoms with van der Waals surface area (Å²) in [6.07, 6.45) is 13.9. The van der Waals surface area contributed by atoms with Crippen molar-refractivity contribution in [1.29, 1.82) is 0 Å². The number of nitrogen functional groups attached to an aromatic ring is 1. The normalized spacial score (nSPS) is 11.0. The van der Waals surface area contributed by atoms with E-state index in [2.05, 4.69) is 18.8 Å². The number of unbranched alkanes of at least 4 members (excludes halogenated alkanes) is 7. The van der Waals surface area contributed by atoms with E-state index in [1.165, 1.54) is 51.3 Å². The number of aromatic nitrogens is 2. The molecule has 4 heteroatoms. The lowest BCUT2D eigenvalue weighted by atomic mass is 10.0. The van der Waals surface area contributed by atoms with Gasteiger partial charge in [-0.1, -0.05) is 58.8 Å². The van der Waals surface area contributed by atoms with E-state index < -0.39 is 0 Å². The molecule has 0 unspecified atom stereocenters. The maximum absolute atomic E-state index is 12.0. The van der Waals surface area contributed by atoms with Crippen LogP contribution in [-0.2, 0) is 12.8 Å². The first-order chi connectivity index (χ1) is 10.2. The highest BCUT2D eigenvalue weighted by Crippen LogP contribution is 2.12. The number of rotatable bonds is 11. The first-order valence-corrected chi connectivity index (χ1v) is 8.55. The summed E-state index contributed by atoms with van der Waals surface area (Å²) in [7, 11) is 0.